The van der Waals surface area contributed by atoms with Crippen LogP contribution in [0.5, 0.6) is 0 Å². The van der Waals surface area contributed by atoms with E-state index in [1.165, 1.54) is 24.8 Å². The van der Waals surface area contributed by atoms with Crippen LogP contribution in [-0.2, 0) is 11.2 Å². The predicted octanol–water partition coefficient (Wildman–Crippen LogP) is 2.72. The first-order chi connectivity index (χ1) is 9.24. The summed E-state index contributed by atoms with van der Waals surface area (Å²) in [7, 11) is 1.99. The Morgan fingerprint density at radius 1 is 1.37 bits per heavy atom. The molecule has 0 bridgehead atoms. The normalized spacial score (nSPS) is 18.2. The molecule has 1 heterocycles. The Kier molecular flexibility index (Phi) is 5.40. The van der Waals surface area contributed by atoms with Gasteiger partial charge >= 0.3 is 0 Å². The fourth-order valence-corrected chi connectivity index (χ4v) is 3.60. The molecule has 1 aromatic rings. The van der Waals surface area contributed by atoms with E-state index in [9.17, 15) is 4.79 Å². The zero-order valence-corrected chi connectivity index (χ0v) is 12.5. The maximum Gasteiger partial charge on any atom is 0.221 e. The molecule has 1 amide bonds. The number of hydrogen-bond acceptors (Lipinski definition) is 3. The lowest BCUT2D eigenvalue weighted by atomic mass is 9.79. The lowest BCUT2D eigenvalue weighted by Crippen LogP contribution is -2.48. The van der Waals surface area contributed by atoms with E-state index in [-0.39, 0.29) is 11.4 Å². The van der Waals surface area contributed by atoms with Gasteiger partial charge in [0.05, 0.1) is 0 Å². The zero-order chi connectivity index (χ0) is 13.6. The summed E-state index contributed by atoms with van der Waals surface area (Å²) in [5, 5.41) is 10.7. The molecule has 19 heavy (non-hydrogen) atoms. The van der Waals surface area contributed by atoms with Gasteiger partial charge < -0.3 is 10.6 Å². The van der Waals surface area contributed by atoms with Crippen LogP contribution in [0.1, 0.15) is 44.1 Å². The summed E-state index contributed by atoms with van der Waals surface area (Å²) in [5.41, 5.74) is 1.36. The van der Waals surface area contributed by atoms with Crippen LogP contribution in [0.3, 0.4) is 0 Å². The molecular weight excluding hydrogens is 256 g/mol. The first-order valence-electron chi connectivity index (χ1n) is 7.21. The van der Waals surface area contributed by atoms with Gasteiger partial charge in [0.2, 0.25) is 5.91 Å². The lowest BCUT2D eigenvalue weighted by molar-refractivity contribution is -0.122. The second-order valence-electron chi connectivity index (χ2n) is 5.50. The number of thiophene rings is 1. The second-order valence-corrected chi connectivity index (χ2v) is 6.28. The second kappa shape index (κ2) is 7.06. The van der Waals surface area contributed by atoms with E-state index in [0.29, 0.717) is 6.42 Å². The van der Waals surface area contributed by atoms with Crippen molar-refractivity contribution in [3.8, 4) is 0 Å². The molecule has 0 atom stereocenters. The van der Waals surface area contributed by atoms with Crippen molar-refractivity contribution in [3.63, 3.8) is 0 Å². The molecule has 1 aliphatic carbocycles. The van der Waals surface area contributed by atoms with E-state index < -0.39 is 0 Å². The Hall–Kier alpha value is -0.870. The van der Waals surface area contributed by atoms with Gasteiger partial charge in [0.1, 0.15) is 0 Å². The first kappa shape index (κ1) is 14.5. The van der Waals surface area contributed by atoms with Crippen molar-refractivity contribution in [1.29, 1.82) is 0 Å². The number of carbonyl (C=O) groups is 1. The van der Waals surface area contributed by atoms with Crippen molar-refractivity contribution in [3.05, 3.63) is 22.4 Å². The van der Waals surface area contributed by atoms with Crippen LogP contribution in [0.2, 0.25) is 0 Å². The lowest BCUT2D eigenvalue weighted by Gasteiger charge is -2.36. The average Bonchev–Trinajstić information content (AvgIpc) is 2.93. The van der Waals surface area contributed by atoms with Crippen molar-refractivity contribution in [1.82, 2.24) is 10.6 Å². The quantitative estimate of drug-likeness (QED) is 0.841. The van der Waals surface area contributed by atoms with Crippen molar-refractivity contribution < 1.29 is 4.79 Å². The molecule has 1 saturated carbocycles. The molecule has 0 radical (unpaired) electrons. The van der Waals surface area contributed by atoms with Crippen molar-refractivity contribution in [2.45, 2.75) is 50.5 Å². The Balaban J connectivity index is 1.73. The molecule has 0 aromatic carbocycles. The zero-order valence-electron chi connectivity index (χ0n) is 11.7. The van der Waals surface area contributed by atoms with Crippen LogP contribution in [0.4, 0.5) is 0 Å². The Labute approximate surface area is 119 Å². The SMILES string of the molecule is CNC1(CC(=O)NCCc2ccsc2)CCCCC1. The highest BCUT2D eigenvalue weighted by molar-refractivity contribution is 7.07. The number of amides is 1. The number of hydrogen-bond donors (Lipinski definition) is 2. The van der Waals surface area contributed by atoms with Gasteiger partial charge in [0, 0.05) is 18.5 Å². The molecule has 0 spiro atoms. The maximum absolute atomic E-state index is 12.1. The summed E-state index contributed by atoms with van der Waals surface area (Å²) >= 11 is 1.71. The third-order valence-corrected chi connectivity index (χ3v) is 4.89. The molecule has 0 aliphatic heterocycles. The minimum Gasteiger partial charge on any atom is -0.356 e. The molecule has 1 aliphatic rings. The molecule has 2 N–H and O–H groups in total. The highest BCUT2D eigenvalue weighted by Gasteiger charge is 2.32. The molecule has 3 nitrogen and oxygen atoms in total. The molecule has 4 heteroatoms. The molecule has 106 valence electrons. The van der Waals surface area contributed by atoms with Gasteiger partial charge in [-0.3, -0.25) is 4.79 Å². The largest absolute Gasteiger partial charge is 0.356 e. The van der Waals surface area contributed by atoms with Gasteiger partial charge in [-0.25, -0.2) is 0 Å². The highest BCUT2D eigenvalue weighted by Crippen LogP contribution is 2.30. The summed E-state index contributed by atoms with van der Waals surface area (Å²) in [6, 6.07) is 2.12. The summed E-state index contributed by atoms with van der Waals surface area (Å²) < 4.78 is 0. The maximum atomic E-state index is 12.1. The van der Waals surface area contributed by atoms with Crippen LogP contribution in [0, 0.1) is 0 Å². The van der Waals surface area contributed by atoms with Crippen LogP contribution < -0.4 is 10.6 Å². The van der Waals surface area contributed by atoms with Crippen LogP contribution in [-0.4, -0.2) is 25.0 Å². The van der Waals surface area contributed by atoms with E-state index in [0.717, 1.165) is 25.8 Å². The fraction of sp³-hybridized carbons (Fsp3) is 0.667. The van der Waals surface area contributed by atoms with E-state index >= 15 is 0 Å². The molecule has 1 fully saturated rings. The topological polar surface area (TPSA) is 41.1 Å². The standard InChI is InChI=1S/C15H24N2OS/c1-16-15(7-3-2-4-8-15)11-14(18)17-9-5-13-6-10-19-12-13/h6,10,12,16H,2-5,7-9,11H2,1H3,(H,17,18). The van der Waals surface area contributed by atoms with E-state index in [1.54, 1.807) is 11.3 Å². The smallest absolute Gasteiger partial charge is 0.221 e. The third kappa shape index (κ3) is 4.32. The monoisotopic (exact) mass is 280 g/mol. The summed E-state index contributed by atoms with van der Waals surface area (Å²) in [5.74, 6) is 0.187. The Morgan fingerprint density at radius 2 is 2.16 bits per heavy atom. The first-order valence-corrected chi connectivity index (χ1v) is 8.15. The summed E-state index contributed by atoms with van der Waals surface area (Å²) in [6.07, 6.45) is 7.59. The van der Waals surface area contributed by atoms with Gasteiger partial charge in [-0.15, -0.1) is 0 Å². The Bertz CT molecular complexity index is 383. The molecule has 1 aromatic heterocycles. The average molecular weight is 280 g/mol. The van der Waals surface area contributed by atoms with Gasteiger partial charge in [-0.05, 0) is 48.7 Å². The van der Waals surface area contributed by atoms with Crippen molar-refractivity contribution >= 4 is 17.2 Å². The van der Waals surface area contributed by atoms with Gasteiger partial charge in [0.15, 0.2) is 0 Å². The van der Waals surface area contributed by atoms with E-state index in [2.05, 4.69) is 27.5 Å². The minimum absolute atomic E-state index is 0.0463. The summed E-state index contributed by atoms with van der Waals surface area (Å²) in [6.45, 7) is 0.745. The molecule has 2 rings (SSSR count). The van der Waals surface area contributed by atoms with Crippen LogP contribution in [0.25, 0.3) is 0 Å². The van der Waals surface area contributed by atoms with Crippen molar-refractivity contribution in [2.75, 3.05) is 13.6 Å². The van der Waals surface area contributed by atoms with Crippen molar-refractivity contribution in [2.24, 2.45) is 0 Å². The van der Waals surface area contributed by atoms with E-state index in [1.807, 2.05) is 7.05 Å². The molecule has 0 unspecified atom stereocenters. The third-order valence-electron chi connectivity index (χ3n) is 4.16. The van der Waals surface area contributed by atoms with E-state index in [4.69, 9.17) is 0 Å². The number of nitrogens with one attached hydrogen (secondary N) is 2. The fourth-order valence-electron chi connectivity index (χ4n) is 2.89. The molecular formula is C15H24N2OS. The highest BCUT2D eigenvalue weighted by atomic mass is 32.1. The molecule has 0 saturated heterocycles. The Morgan fingerprint density at radius 3 is 2.79 bits per heavy atom. The van der Waals surface area contributed by atoms with Gasteiger partial charge in [0.25, 0.3) is 0 Å². The van der Waals surface area contributed by atoms with Gasteiger partial charge in [-0.2, -0.15) is 11.3 Å². The van der Waals surface area contributed by atoms with Gasteiger partial charge in [-0.1, -0.05) is 19.3 Å². The minimum atomic E-state index is 0.0463. The summed E-state index contributed by atoms with van der Waals surface area (Å²) in [4.78, 5) is 12.1. The van der Waals surface area contributed by atoms with Crippen LogP contribution >= 0.6 is 11.3 Å². The van der Waals surface area contributed by atoms with Crippen LogP contribution in [0.15, 0.2) is 16.8 Å². The number of rotatable bonds is 6. The predicted molar refractivity (Wildman–Crippen MR) is 80.5 cm³/mol. The number of carbonyl (C=O) groups excluding carboxylic acids is 1.